The smallest absolute Gasteiger partial charge is 0.231 e. The summed E-state index contributed by atoms with van der Waals surface area (Å²) >= 11 is 0. The van der Waals surface area contributed by atoms with E-state index in [1.54, 1.807) is 6.07 Å². The molecule has 2 atom stereocenters. The second-order valence-electron chi connectivity index (χ2n) is 9.91. The van der Waals surface area contributed by atoms with Crippen LogP contribution < -0.4 is 14.8 Å². The van der Waals surface area contributed by atoms with Crippen molar-refractivity contribution in [2.24, 2.45) is 0 Å². The number of rotatable bonds is 3. The van der Waals surface area contributed by atoms with Crippen molar-refractivity contribution < 1.29 is 33.6 Å². The fraction of sp³-hybridized carbons (Fsp3) is 0.478. The maximum atomic E-state index is 12.8. The van der Waals surface area contributed by atoms with Gasteiger partial charge in [-0.2, -0.15) is 0 Å². The number of hydrogen-bond donors (Lipinski definition) is 2. The van der Waals surface area contributed by atoms with Gasteiger partial charge in [0.1, 0.15) is 0 Å². The van der Waals surface area contributed by atoms with Crippen LogP contribution in [0.2, 0.25) is 18.1 Å². The zero-order valence-electron chi connectivity index (χ0n) is 19.0. The second kappa shape index (κ2) is 7.84. The molecule has 8 nitrogen and oxygen atoms in total. The van der Waals surface area contributed by atoms with E-state index in [0.717, 1.165) is 5.56 Å². The van der Waals surface area contributed by atoms with Crippen LogP contribution in [0.15, 0.2) is 30.4 Å². The molecule has 0 saturated carbocycles. The van der Waals surface area contributed by atoms with Gasteiger partial charge in [-0.25, -0.2) is 4.89 Å². The van der Waals surface area contributed by atoms with E-state index < -0.39 is 20.0 Å². The van der Waals surface area contributed by atoms with Crippen molar-refractivity contribution in [2.75, 3.05) is 13.3 Å². The maximum Gasteiger partial charge on any atom is 0.231 e. The molecule has 2 N–H and O–H groups in total. The Kier molecular flexibility index (Phi) is 5.57. The number of amides is 1. The van der Waals surface area contributed by atoms with Gasteiger partial charge < -0.3 is 19.2 Å². The van der Waals surface area contributed by atoms with Gasteiger partial charge >= 0.3 is 0 Å². The quantitative estimate of drug-likeness (QED) is 0.403. The van der Waals surface area contributed by atoms with Crippen LogP contribution in [0, 0.1) is 0 Å². The summed E-state index contributed by atoms with van der Waals surface area (Å²) < 4.78 is 17.9. The topological polar surface area (TPSA) is 103 Å². The lowest BCUT2D eigenvalue weighted by molar-refractivity contribution is -0.289. The largest absolute Gasteiger partial charge is 0.454 e. The summed E-state index contributed by atoms with van der Waals surface area (Å²) in [5.74, 6) is 0.480. The van der Waals surface area contributed by atoms with Crippen LogP contribution in [0.25, 0.3) is 5.57 Å². The maximum absolute atomic E-state index is 12.8. The Morgan fingerprint density at radius 3 is 2.53 bits per heavy atom. The Morgan fingerprint density at radius 1 is 1.19 bits per heavy atom. The molecule has 1 amide bonds. The number of allylic oxidation sites excluding steroid dienone is 2. The number of benzene rings is 1. The molecule has 0 unspecified atom stereocenters. The molecule has 1 aliphatic carbocycles. The van der Waals surface area contributed by atoms with Crippen LogP contribution in [-0.4, -0.2) is 44.2 Å². The monoisotopic (exact) mass is 459 g/mol. The number of carbonyl (C=O) groups is 2. The van der Waals surface area contributed by atoms with Gasteiger partial charge in [-0.1, -0.05) is 20.8 Å². The fourth-order valence-corrected chi connectivity index (χ4v) is 5.18. The molecule has 0 aromatic heterocycles. The van der Waals surface area contributed by atoms with Gasteiger partial charge in [0.15, 0.2) is 31.2 Å². The van der Waals surface area contributed by atoms with Crippen LogP contribution in [-0.2, 0) is 18.9 Å². The number of fused-ring (bicyclic) bond motifs is 4. The van der Waals surface area contributed by atoms with Gasteiger partial charge in [-0.05, 0) is 59.6 Å². The molecular weight excluding hydrogens is 430 g/mol. The van der Waals surface area contributed by atoms with Gasteiger partial charge in [0.2, 0.25) is 12.7 Å². The lowest BCUT2D eigenvalue weighted by Crippen LogP contribution is -2.44. The number of carbonyl (C=O) groups excluding carboxylic acids is 2. The van der Waals surface area contributed by atoms with E-state index >= 15 is 0 Å². The second-order valence-corrected chi connectivity index (χ2v) is 14.7. The Bertz CT molecular complexity index is 1020. The Morgan fingerprint density at radius 2 is 1.88 bits per heavy atom. The number of hydrogen-bond acceptors (Lipinski definition) is 7. The molecule has 9 heteroatoms. The summed E-state index contributed by atoms with van der Waals surface area (Å²) in [6.45, 7) is 11.0. The van der Waals surface area contributed by atoms with Crippen molar-refractivity contribution >= 4 is 25.6 Å². The highest BCUT2D eigenvalue weighted by molar-refractivity contribution is 6.74. The average Bonchev–Trinajstić information content (AvgIpc) is 3.18. The molecule has 172 valence electrons. The first-order chi connectivity index (χ1) is 15.0. The Balaban J connectivity index is 1.93. The van der Waals surface area contributed by atoms with Crippen LogP contribution in [0.3, 0.4) is 0 Å². The summed E-state index contributed by atoms with van der Waals surface area (Å²) in [5, 5.41) is 12.8. The zero-order chi connectivity index (χ0) is 23.3. The minimum absolute atomic E-state index is 0.0628. The zero-order valence-corrected chi connectivity index (χ0v) is 20.0. The number of ether oxygens (including phenoxy) is 2. The normalized spacial score (nSPS) is 25.2. The van der Waals surface area contributed by atoms with Crippen LogP contribution >= 0.6 is 0 Å². The van der Waals surface area contributed by atoms with Gasteiger partial charge in [-0.3, -0.25) is 14.8 Å². The first-order valence-corrected chi connectivity index (χ1v) is 13.5. The summed E-state index contributed by atoms with van der Waals surface area (Å²) in [5.41, 5.74) is 0.215. The first kappa shape index (κ1) is 22.7. The van der Waals surface area contributed by atoms with E-state index in [1.807, 2.05) is 6.07 Å². The molecule has 4 rings (SSSR count). The number of nitrogens with one attached hydrogen (secondary N) is 1. The molecule has 0 bridgehead atoms. The standard InChI is InChI=1S/C23H29NO7Si/c1-22(2,3)32(4,5)30-20-12-24-21(26)11-23(31-27)7-6-14(25)8-17(23)15-9-18-19(10-16(15)20)29-13-28-18/h6-10,20,27H,11-13H2,1-5H3,(H,24,26)/t20-,23+/m0/s1. The van der Waals surface area contributed by atoms with E-state index in [1.165, 1.54) is 18.2 Å². The van der Waals surface area contributed by atoms with E-state index in [9.17, 15) is 14.8 Å². The fourth-order valence-electron chi connectivity index (χ4n) is 3.90. The Labute approximate surface area is 188 Å². The summed E-state index contributed by atoms with van der Waals surface area (Å²) in [4.78, 5) is 30.0. The molecule has 0 radical (unpaired) electrons. The van der Waals surface area contributed by atoms with Gasteiger partial charge in [0.05, 0.1) is 12.5 Å². The number of ketones is 1. The summed E-state index contributed by atoms with van der Waals surface area (Å²) in [6, 6.07) is 3.60. The van der Waals surface area contributed by atoms with Gasteiger partial charge in [0, 0.05) is 12.1 Å². The minimum atomic E-state index is -2.25. The Hall–Kier alpha value is -2.46. The van der Waals surface area contributed by atoms with E-state index in [2.05, 4.69) is 39.2 Å². The van der Waals surface area contributed by atoms with Crippen molar-refractivity contribution in [1.29, 1.82) is 0 Å². The average molecular weight is 460 g/mol. The van der Waals surface area contributed by atoms with Crippen LogP contribution in [0.1, 0.15) is 44.4 Å². The molecule has 32 heavy (non-hydrogen) atoms. The molecule has 2 aliphatic heterocycles. The van der Waals surface area contributed by atoms with Crippen molar-refractivity contribution in [3.05, 3.63) is 41.5 Å². The van der Waals surface area contributed by atoms with Gasteiger partial charge in [-0.15, -0.1) is 0 Å². The summed E-state index contributed by atoms with van der Waals surface area (Å²) in [7, 11) is -2.25. The predicted octanol–water partition coefficient (Wildman–Crippen LogP) is 3.75. The highest BCUT2D eigenvalue weighted by Crippen LogP contribution is 2.47. The third kappa shape index (κ3) is 3.90. The molecule has 1 aromatic rings. The molecule has 1 aromatic carbocycles. The van der Waals surface area contributed by atoms with Crippen molar-refractivity contribution in [3.63, 3.8) is 0 Å². The predicted molar refractivity (Wildman–Crippen MR) is 120 cm³/mol. The lowest BCUT2D eigenvalue weighted by atomic mass is 9.79. The highest BCUT2D eigenvalue weighted by Gasteiger charge is 2.45. The third-order valence-corrected chi connectivity index (χ3v) is 11.2. The van der Waals surface area contributed by atoms with E-state index in [-0.39, 0.29) is 36.5 Å². The SMILES string of the molecule is CC(C)(C)[Si](C)(C)O[C@H]1CNC(=O)C[C@]2(OO)C=CC(=O)C=C2c2cc3c(cc21)OCO3. The molecular formula is C23H29NO7Si. The van der Waals surface area contributed by atoms with E-state index in [4.69, 9.17) is 18.8 Å². The third-order valence-electron chi connectivity index (χ3n) is 6.75. The van der Waals surface area contributed by atoms with E-state index in [0.29, 0.717) is 22.6 Å². The molecule has 3 aliphatic rings. The lowest BCUT2D eigenvalue weighted by Gasteiger charge is -2.40. The molecule has 0 saturated heterocycles. The molecule has 2 heterocycles. The minimum Gasteiger partial charge on any atom is -0.454 e. The molecule has 0 spiro atoms. The van der Waals surface area contributed by atoms with Crippen LogP contribution in [0.5, 0.6) is 11.5 Å². The van der Waals surface area contributed by atoms with Gasteiger partial charge in [0.25, 0.3) is 0 Å². The van der Waals surface area contributed by atoms with Crippen LogP contribution in [0.4, 0.5) is 0 Å². The highest BCUT2D eigenvalue weighted by atomic mass is 28.4. The van der Waals surface area contributed by atoms with Crippen molar-refractivity contribution in [1.82, 2.24) is 5.32 Å². The van der Waals surface area contributed by atoms with Crippen molar-refractivity contribution in [2.45, 2.75) is 57.0 Å². The first-order valence-electron chi connectivity index (χ1n) is 10.6. The van der Waals surface area contributed by atoms with Crippen molar-refractivity contribution in [3.8, 4) is 11.5 Å². The molecule has 0 fully saturated rings. The summed E-state index contributed by atoms with van der Waals surface area (Å²) in [6.07, 6.45) is 3.41.